The first-order chi connectivity index (χ1) is 7.27. The molecule has 15 heavy (non-hydrogen) atoms. The lowest BCUT2D eigenvalue weighted by atomic mass is 10.2. The molecule has 4 nitrogen and oxygen atoms in total. The van der Waals surface area contributed by atoms with Crippen LogP contribution >= 0.6 is 11.6 Å². The summed E-state index contributed by atoms with van der Waals surface area (Å²) in [6.45, 7) is 1.79. The minimum absolute atomic E-state index is 0.125. The third-order valence-corrected chi connectivity index (χ3v) is 4.10. The largest absolute Gasteiger partial charge is 0.316 e. The number of hydrogen-bond acceptors (Lipinski definition) is 4. The van der Waals surface area contributed by atoms with Crippen molar-refractivity contribution in [3.8, 4) is 0 Å². The Morgan fingerprint density at radius 1 is 1.47 bits per heavy atom. The lowest BCUT2D eigenvalue weighted by Crippen LogP contribution is -2.36. The lowest BCUT2D eigenvalue weighted by Gasteiger charge is -2.20. The van der Waals surface area contributed by atoms with Crippen molar-refractivity contribution in [2.75, 3.05) is 13.1 Å². The number of aromatic nitrogens is 2. The molecule has 0 amide bonds. The molecule has 0 saturated carbocycles. The molecule has 1 aromatic rings. The fourth-order valence-electron chi connectivity index (χ4n) is 1.56. The predicted octanol–water partition coefficient (Wildman–Crippen LogP) is 0.990. The first-order valence-electron chi connectivity index (χ1n) is 4.86. The molecule has 1 aliphatic rings. The van der Waals surface area contributed by atoms with Gasteiger partial charge < -0.3 is 5.32 Å². The van der Waals surface area contributed by atoms with Crippen LogP contribution in [0.3, 0.4) is 0 Å². The summed E-state index contributed by atoms with van der Waals surface area (Å²) >= 11 is 5.67. The second-order valence-electron chi connectivity index (χ2n) is 3.45. The molecule has 2 heterocycles. The summed E-state index contributed by atoms with van der Waals surface area (Å²) in [5.74, 6) is 0. The van der Waals surface area contributed by atoms with E-state index < -0.39 is 10.8 Å². The van der Waals surface area contributed by atoms with Crippen LogP contribution in [0.15, 0.2) is 17.6 Å². The van der Waals surface area contributed by atoms with Crippen LogP contribution in [0.25, 0.3) is 0 Å². The summed E-state index contributed by atoms with van der Waals surface area (Å²) < 4.78 is 12.0. The van der Waals surface area contributed by atoms with Crippen molar-refractivity contribution in [2.45, 2.75) is 23.2 Å². The second kappa shape index (κ2) is 5.01. The summed E-state index contributed by atoms with van der Waals surface area (Å²) in [5, 5.41) is 4.20. The maximum absolute atomic E-state index is 12.0. The van der Waals surface area contributed by atoms with Gasteiger partial charge in [0.2, 0.25) is 5.16 Å². The Labute approximate surface area is 95.9 Å². The molecule has 0 radical (unpaired) electrons. The van der Waals surface area contributed by atoms with Gasteiger partial charge in [-0.1, -0.05) is 11.6 Å². The smallest absolute Gasteiger partial charge is 0.218 e. The van der Waals surface area contributed by atoms with Crippen LogP contribution in [0.2, 0.25) is 5.02 Å². The highest BCUT2D eigenvalue weighted by atomic mass is 35.5. The molecule has 0 aliphatic carbocycles. The second-order valence-corrected chi connectivity index (χ2v) is 5.51. The van der Waals surface area contributed by atoms with E-state index in [2.05, 4.69) is 15.3 Å². The molecule has 1 saturated heterocycles. The average molecular weight is 246 g/mol. The van der Waals surface area contributed by atoms with Gasteiger partial charge >= 0.3 is 0 Å². The molecule has 2 atom stereocenters. The van der Waals surface area contributed by atoms with Gasteiger partial charge in [-0.05, 0) is 19.4 Å². The minimum Gasteiger partial charge on any atom is -0.316 e. The first kappa shape index (κ1) is 11.0. The van der Waals surface area contributed by atoms with Crippen LogP contribution in [-0.4, -0.2) is 32.5 Å². The maximum atomic E-state index is 12.0. The van der Waals surface area contributed by atoms with E-state index in [-0.39, 0.29) is 5.25 Å². The summed E-state index contributed by atoms with van der Waals surface area (Å²) in [7, 11) is -1.12. The monoisotopic (exact) mass is 245 g/mol. The fourth-order valence-corrected chi connectivity index (χ4v) is 2.91. The summed E-state index contributed by atoms with van der Waals surface area (Å²) in [6.07, 6.45) is 4.99. The number of piperidine rings is 1. The van der Waals surface area contributed by atoms with E-state index in [4.69, 9.17) is 11.6 Å². The molecule has 0 spiro atoms. The summed E-state index contributed by atoms with van der Waals surface area (Å²) in [4.78, 5) is 7.96. The third-order valence-electron chi connectivity index (χ3n) is 2.33. The van der Waals surface area contributed by atoms with Gasteiger partial charge in [0, 0.05) is 6.54 Å². The van der Waals surface area contributed by atoms with Crippen molar-refractivity contribution >= 4 is 22.4 Å². The zero-order chi connectivity index (χ0) is 10.7. The Morgan fingerprint density at radius 2 is 2.20 bits per heavy atom. The Bertz CT molecular complexity index is 351. The highest BCUT2D eigenvalue weighted by Gasteiger charge is 2.22. The average Bonchev–Trinajstić information content (AvgIpc) is 2.30. The van der Waals surface area contributed by atoms with Gasteiger partial charge in [0.1, 0.15) is 0 Å². The van der Waals surface area contributed by atoms with Gasteiger partial charge in [-0.25, -0.2) is 9.97 Å². The van der Waals surface area contributed by atoms with Crippen molar-refractivity contribution < 1.29 is 4.21 Å². The Kier molecular flexibility index (Phi) is 3.66. The van der Waals surface area contributed by atoms with Gasteiger partial charge in [-0.2, -0.15) is 0 Å². The van der Waals surface area contributed by atoms with E-state index in [1.54, 1.807) is 0 Å². The predicted molar refractivity (Wildman–Crippen MR) is 59.3 cm³/mol. The van der Waals surface area contributed by atoms with Crippen molar-refractivity contribution in [3.63, 3.8) is 0 Å². The van der Waals surface area contributed by atoms with Crippen LogP contribution in [-0.2, 0) is 10.8 Å². The van der Waals surface area contributed by atoms with Crippen molar-refractivity contribution in [1.82, 2.24) is 15.3 Å². The molecule has 1 aliphatic heterocycles. The van der Waals surface area contributed by atoms with E-state index in [9.17, 15) is 4.21 Å². The molecular formula is C9H12ClN3OS. The summed E-state index contributed by atoms with van der Waals surface area (Å²) in [6, 6.07) is 0. The molecule has 0 aromatic carbocycles. The van der Waals surface area contributed by atoms with Crippen molar-refractivity contribution in [1.29, 1.82) is 0 Å². The van der Waals surface area contributed by atoms with E-state index in [1.807, 2.05) is 0 Å². The van der Waals surface area contributed by atoms with E-state index in [0.29, 0.717) is 10.2 Å². The SMILES string of the molecule is O=[S@@](c1ncc(Cl)cn1)[C@H]1CCCNC1. The van der Waals surface area contributed by atoms with Crippen LogP contribution in [0.1, 0.15) is 12.8 Å². The fraction of sp³-hybridized carbons (Fsp3) is 0.556. The highest BCUT2D eigenvalue weighted by molar-refractivity contribution is 7.85. The molecule has 0 unspecified atom stereocenters. The molecule has 1 fully saturated rings. The molecule has 0 bridgehead atoms. The Morgan fingerprint density at radius 3 is 2.80 bits per heavy atom. The van der Waals surface area contributed by atoms with Crippen LogP contribution < -0.4 is 5.32 Å². The number of nitrogens with one attached hydrogen (secondary N) is 1. The minimum atomic E-state index is -1.12. The number of halogens is 1. The molecule has 1 aromatic heterocycles. The van der Waals surface area contributed by atoms with Gasteiger partial charge in [-0.15, -0.1) is 0 Å². The standard InChI is InChI=1S/C9H12ClN3OS/c10-7-4-12-9(13-5-7)15(14)8-2-1-3-11-6-8/h4-5,8,11H,1-3,6H2/t8-,15+/m0/s1. The molecular weight excluding hydrogens is 234 g/mol. The number of rotatable bonds is 2. The molecule has 6 heteroatoms. The Balaban J connectivity index is 2.09. The normalized spacial score (nSPS) is 23.7. The quantitative estimate of drug-likeness (QED) is 0.790. The zero-order valence-corrected chi connectivity index (χ0v) is 9.72. The van der Waals surface area contributed by atoms with Gasteiger partial charge in [0.15, 0.2) is 0 Å². The van der Waals surface area contributed by atoms with Gasteiger partial charge in [0.05, 0.1) is 33.5 Å². The molecule has 1 N–H and O–H groups in total. The number of nitrogens with zero attached hydrogens (tertiary/aromatic N) is 2. The summed E-state index contributed by atoms with van der Waals surface area (Å²) in [5.41, 5.74) is 0. The van der Waals surface area contributed by atoms with Gasteiger partial charge in [0.25, 0.3) is 0 Å². The number of hydrogen-bond donors (Lipinski definition) is 1. The van der Waals surface area contributed by atoms with Crippen LogP contribution in [0.5, 0.6) is 0 Å². The topological polar surface area (TPSA) is 54.9 Å². The molecule has 2 rings (SSSR count). The van der Waals surface area contributed by atoms with E-state index in [0.717, 1.165) is 25.9 Å². The van der Waals surface area contributed by atoms with Crippen LogP contribution in [0, 0.1) is 0 Å². The maximum Gasteiger partial charge on any atom is 0.218 e. The van der Waals surface area contributed by atoms with Crippen molar-refractivity contribution in [3.05, 3.63) is 17.4 Å². The lowest BCUT2D eigenvalue weighted by molar-refractivity contribution is 0.518. The van der Waals surface area contributed by atoms with Crippen LogP contribution in [0.4, 0.5) is 0 Å². The first-order valence-corrected chi connectivity index (χ1v) is 6.45. The van der Waals surface area contributed by atoms with Gasteiger partial charge in [-0.3, -0.25) is 4.21 Å². The van der Waals surface area contributed by atoms with Crippen molar-refractivity contribution in [2.24, 2.45) is 0 Å². The van der Waals surface area contributed by atoms with E-state index in [1.165, 1.54) is 12.4 Å². The highest BCUT2D eigenvalue weighted by Crippen LogP contribution is 2.14. The van der Waals surface area contributed by atoms with E-state index >= 15 is 0 Å². The molecule has 82 valence electrons. The third kappa shape index (κ3) is 2.74. The zero-order valence-electron chi connectivity index (χ0n) is 8.15. The Hall–Kier alpha value is -0.520.